The lowest BCUT2D eigenvalue weighted by Crippen LogP contribution is -2.14. The lowest BCUT2D eigenvalue weighted by Gasteiger charge is -2.07. The summed E-state index contributed by atoms with van der Waals surface area (Å²) in [4.78, 5) is 0. The summed E-state index contributed by atoms with van der Waals surface area (Å²) in [6, 6.07) is 8.06. The molecule has 1 aromatic carbocycles. The summed E-state index contributed by atoms with van der Waals surface area (Å²) in [5.74, 6) is 1.26. The van der Waals surface area contributed by atoms with Crippen LogP contribution in [0.4, 0.5) is 0 Å². The fourth-order valence-electron chi connectivity index (χ4n) is 1.72. The van der Waals surface area contributed by atoms with Crippen LogP contribution < -0.4 is 4.74 Å². The van der Waals surface area contributed by atoms with Gasteiger partial charge in [-0.2, -0.15) is 0 Å². The van der Waals surface area contributed by atoms with E-state index in [1.165, 1.54) is 5.56 Å². The Labute approximate surface area is 70.4 Å². The highest BCUT2D eigenvalue weighted by atomic mass is 16.7. The summed E-state index contributed by atoms with van der Waals surface area (Å²) in [6.45, 7) is 0. The second-order valence-corrected chi connectivity index (χ2v) is 3.01. The largest absolute Gasteiger partial charge is 0.462 e. The van der Waals surface area contributed by atoms with Gasteiger partial charge in [0.25, 0.3) is 6.29 Å². The van der Waals surface area contributed by atoms with Gasteiger partial charge in [0.2, 0.25) is 0 Å². The number of rotatable bonds is 0. The summed E-state index contributed by atoms with van der Waals surface area (Å²) < 4.78 is 10.8. The van der Waals surface area contributed by atoms with Gasteiger partial charge in [-0.3, -0.25) is 0 Å². The zero-order valence-electron chi connectivity index (χ0n) is 6.44. The number of hydrogen-bond acceptors (Lipinski definition) is 2. The zero-order valence-corrected chi connectivity index (χ0v) is 6.44. The SMILES string of the molecule is C1=C[C@H]2c3ccccc3O[C@H]2O1. The third-order valence-corrected chi connectivity index (χ3v) is 2.31. The van der Waals surface area contributed by atoms with Crippen molar-refractivity contribution < 1.29 is 9.47 Å². The van der Waals surface area contributed by atoms with Gasteiger partial charge in [-0.15, -0.1) is 0 Å². The average Bonchev–Trinajstić information content (AvgIpc) is 2.62. The van der Waals surface area contributed by atoms with Crippen molar-refractivity contribution in [3.63, 3.8) is 0 Å². The van der Waals surface area contributed by atoms with Crippen molar-refractivity contribution in [3.05, 3.63) is 42.2 Å². The molecule has 0 unspecified atom stereocenters. The molecular weight excluding hydrogens is 152 g/mol. The molecule has 0 N–H and O–H groups in total. The molecule has 0 bridgehead atoms. The summed E-state index contributed by atoms with van der Waals surface area (Å²) in [7, 11) is 0. The van der Waals surface area contributed by atoms with Crippen molar-refractivity contribution in [3.8, 4) is 5.75 Å². The number of para-hydroxylation sites is 1. The predicted octanol–water partition coefficient (Wildman–Crippen LogP) is 2.03. The molecule has 0 spiro atoms. The highest BCUT2D eigenvalue weighted by Gasteiger charge is 2.36. The number of ether oxygens (including phenoxy) is 2. The van der Waals surface area contributed by atoms with E-state index in [2.05, 4.69) is 6.07 Å². The Kier molecular flexibility index (Phi) is 1.04. The summed E-state index contributed by atoms with van der Waals surface area (Å²) in [6.07, 6.45) is 3.64. The Bertz CT molecular complexity index is 343. The van der Waals surface area contributed by atoms with E-state index < -0.39 is 0 Å². The van der Waals surface area contributed by atoms with E-state index in [1.54, 1.807) is 6.26 Å². The molecule has 2 aliphatic heterocycles. The molecule has 3 rings (SSSR count). The smallest absolute Gasteiger partial charge is 0.250 e. The molecule has 2 atom stereocenters. The molecule has 2 nitrogen and oxygen atoms in total. The minimum absolute atomic E-state index is 0.109. The van der Waals surface area contributed by atoms with Crippen molar-refractivity contribution in [1.82, 2.24) is 0 Å². The minimum atomic E-state index is -0.109. The molecule has 12 heavy (non-hydrogen) atoms. The normalized spacial score (nSPS) is 29.0. The number of hydrogen-bond donors (Lipinski definition) is 0. The van der Waals surface area contributed by atoms with Gasteiger partial charge in [0.05, 0.1) is 12.2 Å². The Morgan fingerprint density at radius 2 is 2.08 bits per heavy atom. The lowest BCUT2D eigenvalue weighted by atomic mass is 10.0. The molecule has 1 aromatic rings. The van der Waals surface area contributed by atoms with Crippen LogP contribution in [0.15, 0.2) is 36.6 Å². The van der Waals surface area contributed by atoms with Gasteiger partial charge in [-0.25, -0.2) is 0 Å². The molecule has 0 saturated heterocycles. The average molecular weight is 160 g/mol. The van der Waals surface area contributed by atoms with Crippen molar-refractivity contribution in [1.29, 1.82) is 0 Å². The van der Waals surface area contributed by atoms with Crippen molar-refractivity contribution in [2.45, 2.75) is 12.2 Å². The van der Waals surface area contributed by atoms with E-state index in [4.69, 9.17) is 9.47 Å². The van der Waals surface area contributed by atoms with Gasteiger partial charge in [-0.05, 0) is 12.1 Å². The van der Waals surface area contributed by atoms with Crippen LogP contribution in [0.1, 0.15) is 11.5 Å². The maximum Gasteiger partial charge on any atom is 0.250 e. The summed E-state index contributed by atoms with van der Waals surface area (Å²) >= 11 is 0. The fourth-order valence-corrected chi connectivity index (χ4v) is 1.72. The van der Waals surface area contributed by atoms with E-state index in [0.29, 0.717) is 5.92 Å². The highest BCUT2D eigenvalue weighted by molar-refractivity contribution is 5.43. The molecule has 0 fully saturated rings. The Morgan fingerprint density at radius 1 is 1.17 bits per heavy atom. The maximum absolute atomic E-state index is 5.55. The van der Waals surface area contributed by atoms with Crippen molar-refractivity contribution in [2.24, 2.45) is 0 Å². The molecule has 60 valence electrons. The van der Waals surface area contributed by atoms with Crippen LogP contribution in [0.2, 0.25) is 0 Å². The first-order valence-electron chi connectivity index (χ1n) is 4.03. The monoisotopic (exact) mass is 160 g/mol. The van der Waals surface area contributed by atoms with Gasteiger partial charge >= 0.3 is 0 Å². The van der Waals surface area contributed by atoms with Crippen molar-refractivity contribution >= 4 is 0 Å². The van der Waals surface area contributed by atoms with Crippen molar-refractivity contribution in [2.75, 3.05) is 0 Å². The van der Waals surface area contributed by atoms with Crippen LogP contribution >= 0.6 is 0 Å². The first-order valence-corrected chi connectivity index (χ1v) is 4.03. The van der Waals surface area contributed by atoms with Crippen LogP contribution in [0.3, 0.4) is 0 Å². The standard InChI is InChI=1S/C10H8O2/c1-2-4-9-7(3-1)8-5-6-11-10(8)12-9/h1-6,8,10H/t8-,10+/m0/s1. The third-order valence-electron chi connectivity index (χ3n) is 2.31. The van der Waals surface area contributed by atoms with E-state index in [-0.39, 0.29) is 6.29 Å². The minimum Gasteiger partial charge on any atom is -0.462 e. The van der Waals surface area contributed by atoms with Crippen LogP contribution in [0.25, 0.3) is 0 Å². The highest BCUT2D eigenvalue weighted by Crippen LogP contribution is 2.41. The Morgan fingerprint density at radius 3 is 3.08 bits per heavy atom. The maximum atomic E-state index is 5.55. The third kappa shape index (κ3) is 0.644. The van der Waals surface area contributed by atoms with E-state index in [0.717, 1.165) is 5.75 Å². The van der Waals surface area contributed by atoms with Crippen LogP contribution in [-0.2, 0) is 4.74 Å². The fraction of sp³-hybridized carbons (Fsp3) is 0.200. The molecule has 0 amide bonds. The van der Waals surface area contributed by atoms with Gasteiger partial charge in [0, 0.05) is 5.56 Å². The molecule has 0 radical (unpaired) electrons. The topological polar surface area (TPSA) is 18.5 Å². The molecular formula is C10H8O2. The molecule has 2 aliphatic rings. The Hall–Kier alpha value is -1.44. The van der Waals surface area contributed by atoms with Gasteiger partial charge < -0.3 is 9.47 Å². The second kappa shape index (κ2) is 2.03. The van der Waals surface area contributed by atoms with E-state index in [1.807, 2.05) is 24.3 Å². The molecule has 0 aromatic heterocycles. The molecule has 0 aliphatic carbocycles. The summed E-state index contributed by atoms with van der Waals surface area (Å²) in [5, 5.41) is 0. The first kappa shape index (κ1) is 6.12. The predicted molar refractivity (Wildman–Crippen MR) is 43.8 cm³/mol. The van der Waals surface area contributed by atoms with Crippen LogP contribution in [-0.4, -0.2) is 6.29 Å². The molecule has 2 heterocycles. The quantitative estimate of drug-likeness (QED) is 0.578. The number of benzene rings is 1. The van der Waals surface area contributed by atoms with Gasteiger partial charge in [-0.1, -0.05) is 18.2 Å². The van der Waals surface area contributed by atoms with Crippen LogP contribution in [0, 0.1) is 0 Å². The molecule has 2 heteroatoms. The van der Waals surface area contributed by atoms with E-state index >= 15 is 0 Å². The first-order chi connectivity index (χ1) is 5.95. The summed E-state index contributed by atoms with van der Waals surface area (Å²) in [5.41, 5.74) is 1.23. The second-order valence-electron chi connectivity index (χ2n) is 3.01. The lowest BCUT2D eigenvalue weighted by molar-refractivity contribution is -0.00478. The van der Waals surface area contributed by atoms with E-state index in [9.17, 15) is 0 Å². The molecule has 0 saturated carbocycles. The van der Waals surface area contributed by atoms with Gasteiger partial charge in [0.1, 0.15) is 5.75 Å². The van der Waals surface area contributed by atoms with Gasteiger partial charge in [0.15, 0.2) is 0 Å². The zero-order chi connectivity index (χ0) is 7.97. The van der Waals surface area contributed by atoms with Crippen LogP contribution in [0.5, 0.6) is 5.75 Å². The number of fused-ring (bicyclic) bond motifs is 3. The Balaban J connectivity index is 2.14.